The lowest BCUT2D eigenvalue weighted by molar-refractivity contribution is 0.147. The van der Waals surface area contributed by atoms with E-state index in [2.05, 4.69) is 19.2 Å². The lowest BCUT2D eigenvalue weighted by Gasteiger charge is -2.27. The Balaban J connectivity index is 4.46. The Morgan fingerprint density at radius 3 is 2.00 bits per heavy atom. The Hall–Kier alpha value is -0.250. The number of methoxy groups -OCH3 is 2. The van der Waals surface area contributed by atoms with E-state index in [4.69, 9.17) is 9.47 Å². The molecule has 21 heavy (non-hydrogen) atoms. The molecule has 128 valence electrons. The molecule has 0 amide bonds. The van der Waals surface area contributed by atoms with E-state index >= 15 is 0 Å². The number of nitrogens with zero attached hydrogens (tertiary/aromatic N) is 2. The smallest absolute Gasteiger partial charge is 0.281 e. The molecule has 0 fully saturated rings. The third-order valence-corrected chi connectivity index (χ3v) is 5.00. The molecule has 8 heteroatoms. The van der Waals surface area contributed by atoms with Crippen LogP contribution in [0.1, 0.15) is 20.3 Å². The van der Waals surface area contributed by atoms with Gasteiger partial charge in [0, 0.05) is 46.9 Å². The molecule has 0 aromatic heterocycles. The van der Waals surface area contributed by atoms with Crippen molar-refractivity contribution >= 4 is 10.2 Å². The van der Waals surface area contributed by atoms with Gasteiger partial charge in [0.05, 0.1) is 13.2 Å². The van der Waals surface area contributed by atoms with Crippen molar-refractivity contribution in [2.75, 3.05) is 60.7 Å². The third-order valence-electron chi connectivity index (χ3n) is 3.01. The minimum atomic E-state index is -3.47. The van der Waals surface area contributed by atoms with E-state index < -0.39 is 10.2 Å². The summed E-state index contributed by atoms with van der Waals surface area (Å²) in [5.41, 5.74) is 0. The quantitative estimate of drug-likeness (QED) is 0.488. The Labute approximate surface area is 129 Å². The van der Waals surface area contributed by atoms with E-state index in [-0.39, 0.29) is 0 Å². The minimum absolute atomic E-state index is 0.330. The van der Waals surface area contributed by atoms with Crippen molar-refractivity contribution in [3.63, 3.8) is 0 Å². The fraction of sp³-hybridized carbons (Fsp3) is 1.00. The predicted octanol–water partition coefficient (Wildman–Crippen LogP) is 0.146. The molecule has 0 saturated heterocycles. The summed E-state index contributed by atoms with van der Waals surface area (Å²) in [5, 5.41) is 3.27. The molecule has 0 aromatic carbocycles. The molecular weight excluding hydrogens is 294 g/mol. The van der Waals surface area contributed by atoms with Crippen LogP contribution in [0.3, 0.4) is 0 Å². The molecule has 0 bridgehead atoms. The number of hydrogen-bond donors (Lipinski definition) is 1. The zero-order valence-electron chi connectivity index (χ0n) is 14.0. The molecule has 0 heterocycles. The first-order valence-corrected chi connectivity index (χ1v) is 8.68. The van der Waals surface area contributed by atoms with Gasteiger partial charge in [-0.1, -0.05) is 13.8 Å². The van der Waals surface area contributed by atoms with Gasteiger partial charge >= 0.3 is 0 Å². The summed E-state index contributed by atoms with van der Waals surface area (Å²) in [4.78, 5) is 0. The van der Waals surface area contributed by atoms with E-state index in [0.717, 1.165) is 13.0 Å². The number of nitrogens with one attached hydrogen (secondary N) is 1. The van der Waals surface area contributed by atoms with E-state index in [9.17, 15) is 8.42 Å². The van der Waals surface area contributed by atoms with Crippen LogP contribution in [-0.4, -0.2) is 83.7 Å². The summed E-state index contributed by atoms with van der Waals surface area (Å²) in [7, 11) is 1.26. The fourth-order valence-electron chi connectivity index (χ4n) is 1.73. The molecule has 0 aliphatic rings. The van der Waals surface area contributed by atoms with Gasteiger partial charge in [0.25, 0.3) is 10.2 Å². The van der Waals surface area contributed by atoms with Crippen molar-refractivity contribution in [2.45, 2.75) is 26.3 Å². The SMILES string of the molecule is COCCN(CCOC)S(=O)(=O)N(C)CCCNC(C)C. The van der Waals surface area contributed by atoms with Gasteiger partial charge in [-0.2, -0.15) is 17.0 Å². The molecule has 0 saturated carbocycles. The van der Waals surface area contributed by atoms with Crippen molar-refractivity contribution in [1.82, 2.24) is 13.9 Å². The Morgan fingerprint density at radius 2 is 1.57 bits per heavy atom. The monoisotopic (exact) mass is 325 g/mol. The van der Waals surface area contributed by atoms with Gasteiger partial charge in [-0.25, -0.2) is 0 Å². The van der Waals surface area contributed by atoms with Gasteiger partial charge in [0.2, 0.25) is 0 Å². The van der Waals surface area contributed by atoms with Crippen LogP contribution in [0.25, 0.3) is 0 Å². The number of hydrogen-bond acceptors (Lipinski definition) is 5. The van der Waals surface area contributed by atoms with Gasteiger partial charge in [-0.05, 0) is 13.0 Å². The molecule has 0 aliphatic heterocycles. The van der Waals surface area contributed by atoms with Crippen molar-refractivity contribution in [2.24, 2.45) is 0 Å². The Bertz CT molecular complexity index is 341. The van der Waals surface area contributed by atoms with Crippen molar-refractivity contribution in [3.05, 3.63) is 0 Å². The summed E-state index contributed by atoms with van der Waals surface area (Å²) in [6, 6.07) is 0.409. The minimum Gasteiger partial charge on any atom is -0.383 e. The lowest BCUT2D eigenvalue weighted by Crippen LogP contribution is -2.45. The zero-order chi connectivity index (χ0) is 16.3. The molecule has 0 atom stereocenters. The zero-order valence-corrected chi connectivity index (χ0v) is 14.8. The van der Waals surface area contributed by atoms with Crippen LogP contribution < -0.4 is 5.32 Å². The van der Waals surface area contributed by atoms with Crippen LogP contribution in [0.15, 0.2) is 0 Å². The molecule has 0 unspecified atom stereocenters. The van der Waals surface area contributed by atoms with E-state index in [0.29, 0.717) is 38.9 Å². The van der Waals surface area contributed by atoms with Gasteiger partial charge in [-0.3, -0.25) is 0 Å². The Kier molecular flexibility index (Phi) is 11.2. The highest BCUT2D eigenvalue weighted by atomic mass is 32.2. The number of rotatable bonds is 13. The first-order chi connectivity index (χ1) is 9.86. The molecule has 0 spiro atoms. The summed E-state index contributed by atoms with van der Waals surface area (Å²) in [6.07, 6.45) is 0.774. The van der Waals surface area contributed by atoms with E-state index in [1.54, 1.807) is 21.3 Å². The fourth-order valence-corrected chi connectivity index (χ4v) is 3.10. The highest BCUT2D eigenvalue weighted by Crippen LogP contribution is 2.07. The molecule has 0 radical (unpaired) electrons. The van der Waals surface area contributed by atoms with E-state index in [1.165, 1.54) is 8.61 Å². The lowest BCUT2D eigenvalue weighted by atomic mass is 10.3. The second-order valence-electron chi connectivity index (χ2n) is 5.18. The first kappa shape index (κ1) is 20.8. The molecular formula is C13H31N3O4S. The maximum atomic E-state index is 12.5. The van der Waals surface area contributed by atoms with Gasteiger partial charge in [0.1, 0.15) is 0 Å². The van der Waals surface area contributed by atoms with Crippen LogP contribution in [0, 0.1) is 0 Å². The van der Waals surface area contributed by atoms with Gasteiger partial charge in [-0.15, -0.1) is 0 Å². The topological polar surface area (TPSA) is 71.1 Å². The van der Waals surface area contributed by atoms with Crippen LogP contribution in [0.4, 0.5) is 0 Å². The second-order valence-corrected chi connectivity index (χ2v) is 7.21. The maximum Gasteiger partial charge on any atom is 0.281 e. The van der Waals surface area contributed by atoms with Crippen LogP contribution >= 0.6 is 0 Å². The van der Waals surface area contributed by atoms with Crippen molar-refractivity contribution < 1.29 is 17.9 Å². The highest BCUT2D eigenvalue weighted by Gasteiger charge is 2.26. The predicted molar refractivity (Wildman–Crippen MR) is 84.6 cm³/mol. The average Bonchev–Trinajstić information content (AvgIpc) is 2.42. The standard InChI is InChI=1S/C13H31N3O4S/c1-13(2)14-7-6-8-15(3)21(17,18)16(9-11-19-4)10-12-20-5/h13-14H,6-12H2,1-5H3. The summed E-state index contributed by atoms with van der Waals surface area (Å²) in [6.45, 7) is 6.81. The van der Waals surface area contributed by atoms with Crippen LogP contribution in [-0.2, 0) is 19.7 Å². The molecule has 7 nitrogen and oxygen atoms in total. The van der Waals surface area contributed by atoms with Crippen molar-refractivity contribution in [3.8, 4) is 0 Å². The van der Waals surface area contributed by atoms with Crippen molar-refractivity contribution in [1.29, 1.82) is 0 Å². The molecule has 1 N–H and O–H groups in total. The van der Waals surface area contributed by atoms with Gasteiger partial charge in [0.15, 0.2) is 0 Å². The number of ether oxygens (including phenoxy) is 2. The maximum absolute atomic E-state index is 12.5. The largest absolute Gasteiger partial charge is 0.383 e. The summed E-state index contributed by atoms with van der Waals surface area (Å²) < 4.78 is 37.7. The summed E-state index contributed by atoms with van der Waals surface area (Å²) >= 11 is 0. The Morgan fingerprint density at radius 1 is 1.05 bits per heavy atom. The molecule has 0 aliphatic carbocycles. The van der Waals surface area contributed by atoms with E-state index in [1.807, 2.05) is 0 Å². The molecule has 0 rings (SSSR count). The van der Waals surface area contributed by atoms with Crippen LogP contribution in [0.5, 0.6) is 0 Å². The normalized spacial score (nSPS) is 12.8. The van der Waals surface area contributed by atoms with Gasteiger partial charge < -0.3 is 14.8 Å². The first-order valence-electron chi connectivity index (χ1n) is 7.29. The summed E-state index contributed by atoms with van der Waals surface area (Å²) in [5.74, 6) is 0. The highest BCUT2D eigenvalue weighted by molar-refractivity contribution is 7.86. The average molecular weight is 325 g/mol. The molecule has 0 aromatic rings. The third kappa shape index (κ3) is 8.70. The second kappa shape index (κ2) is 11.3. The van der Waals surface area contributed by atoms with Crippen LogP contribution in [0.2, 0.25) is 0 Å².